The molecule has 13 heavy (non-hydrogen) atoms. The van der Waals surface area contributed by atoms with E-state index in [1.165, 1.54) is 6.08 Å². The van der Waals surface area contributed by atoms with Crippen molar-refractivity contribution in [2.45, 2.75) is 26.4 Å². The molecule has 74 valence electrons. The van der Waals surface area contributed by atoms with Gasteiger partial charge < -0.3 is 0 Å². The van der Waals surface area contributed by atoms with E-state index in [1.54, 1.807) is 6.92 Å². The van der Waals surface area contributed by atoms with E-state index in [-0.39, 0.29) is 0 Å². The van der Waals surface area contributed by atoms with Gasteiger partial charge in [0.15, 0.2) is 0 Å². The molecule has 0 amide bonds. The molecule has 0 saturated carbocycles. The quantitative estimate of drug-likeness (QED) is 0.589. The van der Waals surface area contributed by atoms with Crippen LogP contribution in [0.4, 0.5) is 13.2 Å². The van der Waals surface area contributed by atoms with E-state index < -0.39 is 11.7 Å². The van der Waals surface area contributed by atoms with Crippen LogP contribution in [-0.2, 0) is 0 Å². The fourth-order valence-electron chi connectivity index (χ4n) is 0.628. The summed E-state index contributed by atoms with van der Waals surface area (Å²) in [5.41, 5.74) is 0.198. The van der Waals surface area contributed by atoms with Crippen LogP contribution in [0.25, 0.3) is 0 Å². The molecule has 0 atom stereocenters. The van der Waals surface area contributed by atoms with E-state index in [0.29, 0.717) is 0 Å². The largest absolute Gasteiger partial charge is 0.416 e. The van der Waals surface area contributed by atoms with Gasteiger partial charge in [0, 0.05) is 0 Å². The Morgan fingerprint density at radius 2 is 1.85 bits per heavy atom. The smallest absolute Gasteiger partial charge is 0.166 e. The Kier molecular flexibility index (Phi) is 4.52. The average molecular weight is 190 g/mol. The third-order valence-electron chi connectivity index (χ3n) is 1.65. The first-order chi connectivity index (χ1) is 5.91. The molecule has 0 saturated heterocycles. The molecule has 0 fully saturated rings. The lowest BCUT2D eigenvalue weighted by Gasteiger charge is -2.05. The standard InChI is InChI=1S/C10H13F3/c1-4-8(3)6-7-9(5-2)10(11,12)13/h5-7H,2,4H2,1,3H3. The maximum atomic E-state index is 12.1. The molecule has 0 unspecified atom stereocenters. The summed E-state index contributed by atoms with van der Waals surface area (Å²) in [7, 11) is 0. The first-order valence-electron chi connectivity index (χ1n) is 3.99. The van der Waals surface area contributed by atoms with Gasteiger partial charge in [-0.3, -0.25) is 0 Å². The molecule has 0 radical (unpaired) electrons. The van der Waals surface area contributed by atoms with Gasteiger partial charge in [-0.15, -0.1) is 0 Å². The summed E-state index contributed by atoms with van der Waals surface area (Å²) in [4.78, 5) is 0. The summed E-state index contributed by atoms with van der Waals surface area (Å²) in [5, 5.41) is 0. The van der Waals surface area contributed by atoms with Crippen LogP contribution in [0.2, 0.25) is 0 Å². The summed E-state index contributed by atoms with van der Waals surface area (Å²) in [6.07, 6.45) is -0.221. The molecule has 0 bridgehead atoms. The van der Waals surface area contributed by atoms with Gasteiger partial charge in [0.05, 0.1) is 5.57 Å². The molecular weight excluding hydrogens is 177 g/mol. The van der Waals surface area contributed by atoms with Crippen LogP contribution in [0.5, 0.6) is 0 Å². The maximum absolute atomic E-state index is 12.1. The molecule has 0 aromatic carbocycles. The van der Waals surface area contributed by atoms with Crippen molar-refractivity contribution in [3.05, 3.63) is 36.0 Å². The van der Waals surface area contributed by atoms with Gasteiger partial charge in [-0.1, -0.05) is 37.3 Å². The van der Waals surface area contributed by atoms with E-state index >= 15 is 0 Å². The maximum Gasteiger partial charge on any atom is 0.416 e. The Balaban J connectivity index is 4.69. The summed E-state index contributed by atoms with van der Waals surface area (Å²) < 4.78 is 36.3. The normalized spacial score (nSPS) is 14.5. The van der Waals surface area contributed by atoms with Crippen LogP contribution in [0, 0.1) is 0 Å². The van der Waals surface area contributed by atoms with Gasteiger partial charge in [0.2, 0.25) is 0 Å². The molecule has 0 aliphatic rings. The van der Waals surface area contributed by atoms with E-state index in [4.69, 9.17) is 0 Å². The molecule has 3 heteroatoms. The van der Waals surface area contributed by atoms with Crippen molar-refractivity contribution in [3.63, 3.8) is 0 Å². The third-order valence-corrected chi connectivity index (χ3v) is 1.65. The van der Waals surface area contributed by atoms with Gasteiger partial charge in [0.1, 0.15) is 0 Å². The molecule has 0 spiro atoms. The zero-order valence-corrected chi connectivity index (χ0v) is 7.78. The Morgan fingerprint density at radius 1 is 1.31 bits per heavy atom. The van der Waals surface area contributed by atoms with Crippen molar-refractivity contribution in [1.29, 1.82) is 0 Å². The minimum atomic E-state index is -4.30. The third kappa shape index (κ3) is 4.55. The van der Waals surface area contributed by atoms with Gasteiger partial charge in [-0.2, -0.15) is 13.2 Å². The van der Waals surface area contributed by atoms with Crippen molar-refractivity contribution >= 4 is 0 Å². The molecule has 0 aliphatic heterocycles. The predicted molar refractivity (Wildman–Crippen MR) is 48.4 cm³/mol. The topological polar surface area (TPSA) is 0 Å². The molecule has 0 aliphatic carbocycles. The minimum absolute atomic E-state index is 0.708. The molecule has 0 aromatic heterocycles. The number of alkyl halides is 3. The fraction of sp³-hybridized carbons (Fsp3) is 0.400. The summed E-state index contributed by atoms with van der Waals surface area (Å²) >= 11 is 0. The molecule has 0 aromatic rings. The lowest BCUT2D eigenvalue weighted by molar-refractivity contribution is -0.0881. The van der Waals surface area contributed by atoms with Crippen LogP contribution in [0.3, 0.4) is 0 Å². The second kappa shape index (κ2) is 4.90. The van der Waals surface area contributed by atoms with Crippen LogP contribution in [0.1, 0.15) is 20.3 Å². The van der Waals surface area contributed by atoms with Crippen LogP contribution < -0.4 is 0 Å². The van der Waals surface area contributed by atoms with Crippen molar-refractivity contribution < 1.29 is 13.2 Å². The Bertz CT molecular complexity index is 231. The number of rotatable bonds is 3. The summed E-state index contributed by atoms with van der Waals surface area (Å²) in [6, 6.07) is 0. The zero-order valence-electron chi connectivity index (χ0n) is 7.78. The van der Waals surface area contributed by atoms with Crippen LogP contribution in [0.15, 0.2) is 36.0 Å². The first-order valence-corrected chi connectivity index (χ1v) is 3.99. The van der Waals surface area contributed by atoms with Gasteiger partial charge in [0.25, 0.3) is 0 Å². The second-order valence-corrected chi connectivity index (χ2v) is 2.69. The number of allylic oxidation sites excluding steroid dienone is 5. The lowest BCUT2D eigenvalue weighted by atomic mass is 10.1. The second-order valence-electron chi connectivity index (χ2n) is 2.69. The molecule has 0 N–H and O–H groups in total. The highest BCUT2D eigenvalue weighted by Crippen LogP contribution is 2.26. The Hall–Kier alpha value is -0.990. The molecule has 0 nitrogen and oxygen atoms in total. The van der Waals surface area contributed by atoms with E-state index in [2.05, 4.69) is 6.58 Å². The van der Waals surface area contributed by atoms with Crippen molar-refractivity contribution in [1.82, 2.24) is 0 Å². The highest BCUT2D eigenvalue weighted by atomic mass is 19.4. The monoisotopic (exact) mass is 190 g/mol. The number of hydrogen-bond acceptors (Lipinski definition) is 0. The number of hydrogen-bond donors (Lipinski definition) is 0. The highest BCUT2D eigenvalue weighted by molar-refractivity contribution is 5.27. The minimum Gasteiger partial charge on any atom is -0.166 e. The van der Waals surface area contributed by atoms with Gasteiger partial charge in [-0.05, 0) is 13.3 Å². The van der Waals surface area contributed by atoms with Crippen molar-refractivity contribution in [2.75, 3.05) is 0 Å². The fourth-order valence-corrected chi connectivity index (χ4v) is 0.628. The van der Waals surface area contributed by atoms with Crippen LogP contribution >= 0.6 is 0 Å². The van der Waals surface area contributed by atoms with Crippen molar-refractivity contribution in [2.24, 2.45) is 0 Å². The van der Waals surface area contributed by atoms with Gasteiger partial charge >= 0.3 is 6.18 Å². The lowest BCUT2D eigenvalue weighted by Crippen LogP contribution is -2.09. The highest BCUT2D eigenvalue weighted by Gasteiger charge is 2.30. The van der Waals surface area contributed by atoms with Crippen LogP contribution in [-0.4, -0.2) is 6.18 Å². The Morgan fingerprint density at radius 3 is 2.15 bits per heavy atom. The van der Waals surface area contributed by atoms with E-state index in [9.17, 15) is 13.2 Å². The molecule has 0 heterocycles. The SMILES string of the molecule is C=CC(=CC=C(C)CC)C(F)(F)F. The predicted octanol–water partition coefficient (Wildman–Crippen LogP) is 4.02. The van der Waals surface area contributed by atoms with Gasteiger partial charge in [-0.25, -0.2) is 0 Å². The summed E-state index contributed by atoms with van der Waals surface area (Å²) in [5.74, 6) is 0. The Labute approximate surface area is 76.5 Å². The van der Waals surface area contributed by atoms with Crippen molar-refractivity contribution in [3.8, 4) is 0 Å². The van der Waals surface area contributed by atoms with E-state index in [0.717, 1.165) is 24.1 Å². The number of halogens is 3. The first kappa shape index (κ1) is 12.0. The zero-order chi connectivity index (χ0) is 10.5. The van der Waals surface area contributed by atoms with E-state index in [1.807, 2.05) is 6.92 Å². The average Bonchev–Trinajstić information content (AvgIpc) is 2.02. The summed E-state index contributed by atoms with van der Waals surface area (Å²) in [6.45, 7) is 6.79. The molecular formula is C10H13F3. The molecule has 0 rings (SSSR count).